The zero-order valence-corrected chi connectivity index (χ0v) is 19.3. The summed E-state index contributed by atoms with van der Waals surface area (Å²) in [6.45, 7) is 3.01. The highest BCUT2D eigenvalue weighted by atomic mass is 35.5. The molecule has 0 aliphatic heterocycles. The van der Waals surface area contributed by atoms with E-state index in [1.54, 1.807) is 6.92 Å². The molecule has 0 saturated carbocycles. The zero-order chi connectivity index (χ0) is 26.8. The third kappa shape index (κ3) is 5.65. The zero-order valence-electron chi connectivity index (χ0n) is 17.8. The smallest absolute Gasteiger partial charge is 0.416 e. The van der Waals surface area contributed by atoms with Crippen LogP contribution in [0.2, 0.25) is 10.0 Å². The van der Waals surface area contributed by atoms with Gasteiger partial charge in [0.15, 0.2) is 11.5 Å². The van der Waals surface area contributed by atoms with Gasteiger partial charge in [-0.25, -0.2) is 0 Å². The fourth-order valence-electron chi connectivity index (χ4n) is 3.39. The molecule has 0 amide bonds. The molecule has 0 radical (unpaired) electrons. The summed E-state index contributed by atoms with van der Waals surface area (Å²) in [5.41, 5.74) is -2.97. The number of benzene rings is 2. The van der Waals surface area contributed by atoms with E-state index < -0.39 is 67.3 Å². The number of nitro groups is 1. The molecule has 0 fully saturated rings. The van der Waals surface area contributed by atoms with Crippen LogP contribution < -0.4 is 14.9 Å². The van der Waals surface area contributed by atoms with Crippen molar-refractivity contribution in [3.05, 3.63) is 60.6 Å². The Morgan fingerprint density at radius 1 is 1.00 bits per heavy atom. The lowest BCUT2D eigenvalue weighted by Crippen LogP contribution is -2.47. The van der Waals surface area contributed by atoms with Crippen molar-refractivity contribution in [3.8, 4) is 11.5 Å². The van der Waals surface area contributed by atoms with Crippen LogP contribution in [0.1, 0.15) is 40.9 Å². The number of carbonyl (C=O) groups is 3. The molecule has 0 aliphatic carbocycles. The molecule has 0 atom stereocenters. The summed E-state index contributed by atoms with van der Waals surface area (Å²) in [6.07, 6.45) is -4.83. The van der Waals surface area contributed by atoms with E-state index in [9.17, 15) is 47.9 Å². The Morgan fingerprint density at radius 3 is 1.86 bits per heavy atom. The molecule has 0 heterocycles. The number of alkyl halides is 3. The van der Waals surface area contributed by atoms with Crippen molar-refractivity contribution >= 4 is 46.6 Å². The summed E-state index contributed by atoms with van der Waals surface area (Å²) in [7, 11) is 0. The molecule has 0 N–H and O–H groups in total. The minimum atomic E-state index is -4.78. The second-order valence-electron chi connectivity index (χ2n) is 7.00. The van der Waals surface area contributed by atoms with Gasteiger partial charge in [-0.05, 0) is 31.0 Å². The highest BCUT2D eigenvalue weighted by Crippen LogP contribution is 2.44. The first kappa shape index (κ1) is 27.9. The monoisotopic (exact) mass is 535 g/mol. The molecule has 0 spiro atoms. The number of hydrogen-bond donors (Lipinski definition) is 0. The average Bonchev–Trinajstić information content (AvgIpc) is 2.73. The van der Waals surface area contributed by atoms with Gasteiger partial charge in [0.1, 0.15) is 17.2 Å². The van der Waals surface area contributed by atoms with Gasteiger partial charge in [0.2, 0.25) is 0 Å². The summed E-state index contributed by atoms with van der Waals surface area (Å²) in [4.78, 5) is 46.0. The van der Waals surface area contributed by atoms with Gasteiger partial charge in [-0.3, -0.25) is 14.9 Å². The van der Waals surface area contributed by atoms with Gasteiger partial charge in [-0.2, -0.15) is 13.2 Å². The Balaban J connectivity index is 2.84. The van der Waals surface area contributed by atoms with Crippen molar-refractivity contribution in [3.63, 3.8) is 0 Å². The van der Waals surface area contributed by atoms with Gasteiger partial charge in [0.05, 0.1) is 32.5 Å². The minimum absolute atomic E-state index is 0.0497. The quantitative estimate of drug-likeness (QED) is 0.205. The van der Waals surface area contributed by atoms with E-state index in [1.165, 1.54) is 6.92 Å². The maximum absolute atomic E-state index is 13.0. The molecule has 14 heteroatoms. The predicted octanol–water partition coefficient (Wildman–Crippen LogP) is 3.14. The van der Waals surface area contributed by atoms with Crippen LogP contribution >= 0.6 is 23.2 Å². The highest BCUT2D eigenvalue weighted by molar-refractivity contribution is 6.37. The van der Waals surface area contributed by atoms with Crippen LogP contribution in [0.25, 0.3) is 0 Å². The molecule has 0 aromatic heterocycles. The van der Waals surface area contributed by atoms with Crippen molar-refractivity contribution in [1.82, 2.24) is 0 Å². The number of Topliss-reactive ketones (excluding diaryl/α,β-unsaturated/α-hetero) is 1. The Kier molecular flexibility index (Phi) is 8.35. The average molecular weight is 536 g/mol. The second kappa shape index (κ2) is 10.5. The number of carbonyl (C=O) groups excluding carboxylic acids is 3. The molecule has 2 aromatic carbocycles. The van der Waals surface area contributed by atoms with Crippen molar-refractivity contribution in [2.45, 2.75) is 32.9 Å². The third-order valence-electron chi connectivity index (χ3n) is 4.90. The second-order valence-corrected chi connectivity index (χ2v) is 7.81. The molecule has 2 aromatic rings. The first-order valence-corrected chi connectivity index (χ1v) is 10.4. The number of aliphatic carboxylic acids is 2. The first-order valence-electron chi connectivity index (χ1n) is 9.68. The van der Waals surface area contributed by atoms with Gasteiger partial charge >= 0.3 is 6.18 Å². The van der Waals surface area contributed by atoms with Crippen LogP contribution in [0, 0.1) is 16.0 Å². The van der Waals surface area contributed by atoms with E-state index in [1.807, 2.05) is 0 Å². The van der Waals surface area contributed by atoms with Crippen LogP contribution in [0.15, 0.2) is 18.2 Å². The molecular weight excluding hydrogens is 522 g/mol. The Hall–Kier alpha value is -3.38. The van der Waals surface area contributed by atoms with Crippen molar-refractivity contribution < 1.29 is 47.4 Å². The SMILES string of the molecule is CCc1c(Oc2c(Cl)cc(C(F)(F)F)cc2Cl)cc(C(=O)C(C(=O)[O-])C(=O)[O-])c([N+](=O)[O-])c1CC. The van der Waals surface area contributed by atoms with Gasteiger partial charge < -0.3 is 24.5 Å². The number of carboxylic acid groups (broad SMARTS) is 2. The largest absolute Gasteiger partial charge is 0.549 e. The first-order chi connectivity index (χ1) is 16.1. The summed E-state index contributed by atoms with van der Waals surface area (Å²) < 4.78 is 44.6. The van der Waals surface area contributed by atoms with Gasteiger partial charge in [0, 0.05) is 11.1 Å². The fourth-order valence-corrected chi connectivity index (χ4v) is 3.96. The standard InChI is InChI=1S/C21H16Cl2F3NO8/c1-3-9-10(4-2)16(27(33)34)11(17(28)15(19(29)30)20(31)32)7-14(9)35-18-12(22)5-8(6-13(18)23)21(24,25)26/h5-7,15H,3-4H2,1-2H3,(H,29,30)(H,31,32)/p-2. The maximum atomic E-state index is 13.0. The molecule has 188 valence electrons. The van der Waals surface area contributed by atoms with Crippen molar-refractivity contribution in [1.29, 1.82) is 0 Å². The number of nitrogens with zero attached hydrogens (tertiary/aromatic N) is 1. The molecule has 2 rings (SSSR count). The number of hydrogen-bond acceptors (Lipinski definition) is 8. The van der Waals surface area contributed by atoms with Crippen LogP contribution in [0.3, 0.4) is 0 Å². The maximum Gasteiger partial charge on any atom is 0.416 e. The minimum Gasteiger partial charge on any atom is -0.549 e. The van der Waals surface area contributed by atoms with E-state index in [-0.39, 0.29) is 29.7 Å². The van der Waals surface area contributed by atoms with E-state index in [0.29, 0.717) is 18.2 Å². The number of halogens is 5. The van der Waals surface area contributed by atoms with E-state index in [0.717, 1.165) is 0 Å². The highest BCUT2D eigenvalue weighted by Gasteiger charge is 2.35. The summed E-state index contributed by atoms with van der Waals surface area (Å²) >= 11 is 11.8. The molecule has 0 aliphatic rings. The Bertz CT molecular complexity index is 1190. The molecule has 0 bridgehead atoms. The number of ether oxygens (including phenoxy) is 1. The van der Waals surface area contributed by atoms with E-state index in [2.05, 4.69) is 0 Å². The molecule has 35 heavy (non-hydrogen) atoms. The van der Waals surface area contributed by atoms with Crippen molar-refractivity contribution in [2.75, 3.05) is 0 Å². The topological polar surface area (TPSA) is 150 Å². The predicted molar refractivity (Wildman–Crippen MR) is 111 cm³/mol. The number of ketones is 1. The third-order valence-corrected chi connectivity index (χ3v) is 5.47. The van der Waals surface area contributed by atoms with E-state index >= 15 is 0 Å². The van der Waals surface area contributed by atoms with Gasteiger partial charge in [0.25, 0.3) is 5.69 Å². The summed E-state index contributed by atoms with van der Waals surface area (Å²) in [5, 5.41) is 33.0. The fraction of sp³-hybridized carbons (Fsp3) is 0.286. The lowest BCUT2D eigenvalue weighted by molar-refractivity contribution is -0.385. The van der Waals surface area contributed by atoms with Crippen LogP contribution in [-0.4, -0.2) is 22.6 Å². The number of rotatable bonds is 9. The molecule has 9 nitrogen and oxygen atoms in total. The Labute approximate surface area is 205 Å². The molecular formula is C21H14Cl2F3NO8-2. The van der Waals surface area contributed by atoms with Crippen LogP contribution in [-0.2, 0) is 28.6 Å². The summed E-state index contributed by atoms with van der Waals surface area (Å²) in [5.74, 6) is -10.1. The Morgan fingerprint density at radius 2 is 1.49 bits per heavy atom. The number of nitro benzene ring substituents is 1. The normalized spacial score (nSPS) is 11.4. The lowest BCUT2D eigenvalue weighted by atomic mass is 9.90. The van der Waals surface area contributed by atoms with Crippen LogP contribution in [0.5, 0.6) is 11.5 Å². The van der Waals surface area contributed by atoms with Crippen LogP contribution in [0.4, 0.5) is 18.9 Å². The lowest BCUT2D eigenvalue weighted by Gasteiger charge is -2.21. The molecule has 0 saturated heterocycles. The molecule has 0 unspecified atom stereocenters. The van der Waals surface area contributed by atoms with Crippen molar-refractivity contribution in [2.24, 2.45) is 5.92 Å². The summed E-state index contributed by atoms with van der Waals surface area (Å²) in [6, 6.07) is 1.76. The number of carboxylic acids is 2. The van der Waals surface area contributed by atoms with E-state index in [4.69, 9.17) is 27.9 Å². The van der Waals surface area contributed by atoms with Gasteiger partial charge in [-0.15, -0.1) is 0 Å². The van der Waals surface area contributed by atoms with Gasteiger partial charge in [-0.1, -0.05) is 37.0 Å².